The first kappa shape index (κ1) is 23.7. The second-order valence-corrected chi connectivity index (χ2v) is 8.78. The highest BCUT2D eigenvalue weighted by atomic mass is 32.2. The van der Waals surface area contributed by atoms with Crippen LogP contribution >= 0.6 is 24.0 Å². The number of rotatable bonds is 9. The lowest BCUT2D eigenvalue weighted by Gasteiger charge is -2.17. The van der Waals surface area contributed by atoms with Gasteiger partial charge in [0, 0.05) is 5.56 Å². The van der Waals surface area contributed by atoms with Crippen LogP contribution in [0.5, 0.6) is 23.0 Å². The average molecular weight is 494 g/mol. The molecule has 1 heterocycles. The number of carbonyl (C=O) groups excluding carboxylic acids is 1. The Morgan fingerprint density at radius 1 is 0.853 bits per heavy atom. The molecule has 3 aromatic rings. The van der Waals surface area contributed by atoms with Crippen molar-refractivity contribution >= 4 is 46.0 Å². The highest BCUT2D eigenvalue weighted by Gasteiger charge is 2.35. The first-order chi connectivity index (χ1) is 16.6. The smallest absolute Gasteiger partial charge is 0.270 e. The second kappa shape index (κ2) is 11.1. The third-order valence-corrected chi connectivity index (χ3v) is 6.28. The van der Waals surface area contributed by atoms with Crippen LogP contribution in [0.1, 0.15) is 5.56 Å². The van der Waals surface area contributed by atoms with E-state index in [0.717, 1.165) is 5.75 Å². The number of benzene rings is 3. The van der Waals surface area contributed by atoms with Crippen molar-refractivity contribution in [2.24, 2.45) is 0 Å². The van der Waals surface area contributed by atoms with Crippen LogP contribution in [0.4, 0.5) is 5.69 Å². The predicted molar refractivity (Wildman–Crippen MR) is 139 cm³/mol. The number of nitrogens with zero attached hydrogens (tertiary/aromatic N) is 1. The van der Waals surface area contributed by atoms with Crippen LogP contribution in [0, 0.1) is 0 Å². The second-order valence-electron chi connectivity index (χ2n) is 7.10. The van der Waals surface area contributed by atoms with Crippen LogP contribution < -0.4 is 23.8 Å². The van der Waals surface area contributed by atoms with Crippen molar-refractivity contribution < 1.29 is 23.7 Å². The molecule has 8 heteroatoms. The normalized spacial score (nSPS) is 14.4. The molecular formula is C26H23NO5S2. The number of hydrogen-bond acceptors (Lipinski definition) is 7. The molecule has 0 N–H and O–H groups in total. The molecule has 34 heavy (non-hydrogen) atoms. The number of methoxy groups -OCH3 is 2. The fourth-order valence-corrected chi connectivity index (χ4v) is 4.63. The Labute approximate surface area is 208 Å². The summed E-state index contributed by atoms with van der Waals surface area (Å²) in [4.78, 5) is 15.2. The van der Waals surface area contributed by atoms with Gasteiger partial charge in [0.05, 0.1) is 24.8 Å². The monoisotopic (exact) mass is 493 g/mol. The maximum absolute atomic E-state index is 13.3. The molecule has 1 fully saturated rings. The van der Waals surface area contributed by atoms with Gasteiger partial charge in [0.25, 0.3) is 5.91 Å². The zero-order chi connectivity index (χ0) is 23.9. The van der Waals surface area contributed by atoms with E-state index in [-0.39, 0.29) is 5.91 Å². The molecule has 0 bridgehead atoms. The number of hydrogen-bond donors (Lipinski definition) is 0. The van der Waals surface area contributed by atoms with Crippen molar-refractivity contribution in [2.45, 2.75) is 0 Å². The minimum absolute atomic E-state index is 0.222. The number of carbonyl (C=O) groups is 1. The Hall–Kier alpha value is -3.49. The molecular weight excluding hydrogens is 470 g/mol. The molecule has 0 saturated carbocycles. The van der Waals surface area contributed by atoms with Gasteiger partial charge in [-0.25, -0.2) is 0 Å². The maximum Gasteiger partial charge on any atom is 0.270 e. The number of thioether (sulfide) groups is 1. The quantitative estimate of drug-likeness (QED) is 0.219. The number of amides is 1. The zero-order valence-corrected chi connectivity index (χ0v) is 20.4. The summed E-state index contributed by atoms with van der Waals surface area (Å²) in [5.41, 5.74) is 1.32. The Morgan fingerprint density at radius 3 is 2.35 bits per heavy atom. The first-order valence-electron chi connectivity index (χ1n) is 10.5. The van der Waals surface area contributed by atoms with Crippen LogP contribution in [0.15, 0.2) is 77.7 Å². The van der Waals surface area contributed by atoms with Gasteiger partial charge in [-0.15, -0.1) is 0 Å². The lowest BCUT2D eigenvalue weighted by atomic mass is 10.1. The fourth-order valence-electron chi connectivity index (χ4n) is 3.36. The van der Waals surface area contributed by atoms with Gasteiger partial charge in [0.15, 0.2) is 4.32 Å². The Kier molecular flexibility index (Phi) is 7.72. The van der Waals surface area contributed by atoms with Gasteiger partial charge in [0.2, 0.25) is 0 Å². The molecule has 1 aliphatic rings. The van der Waals surface area contributed by atoms with E-state index >= 15 is 0 Å². The van der Waals surface area contributed by atoms with E-state index in [1.807, 2.05) is 60.7 Å². The topological polar surface area (TPSA) is 57.2 Å². The molecule has 0 radical (unpaired) electrons. The third kappa shape index (κ3) is 5.35. The molecule has 0 aromatic heterocycles. The maximum atomic E-state index is 13.3. The van der Waals surface area contributed by atoms with E-state index in [4.69, 9.17) is 31.2 Å². The lowest BCUT2D eigenvalue weighted by molar-refractivity contribution is -0.113. The van der Waals surface area contributed by atoms with Gasteiger partial charge in [-0.2, -0.15) is 0 Å². The van der Waals surface area contributed by atoms with E-state index in [1.54, 1.807) is 32.4 Å². The lowest BCUT2D eigenvalue weighted by Crippen LogP contribution is -2.27. The summed E-state index contributed by atoms with van der Waals surface area (Å²) in [7, 11) is 3.15. The standard InChI is InChI=1S/C26H23NO5S2/c1-29-20-12-13-22(32-15-14-31-19-8-4-3-5-9-19)18(16-20)17-24-25(28)27(26(33)34-24)21-10-6-7-11-23(21)30-2/h3-13,16-17H,14-15H2,1-2H3. The summed E-state index contributed by atoms with van der Waals surface area (Å²) >= 11 is 6.74. The molecule has 0 aliphatic carbocycles. The summed E-state index contributed by atoms with van der Waals surface area (Å²) in [6.07, 6.45) is 1.77. The molecule has 0 atom stereocenters. The van der Waals surface area contributed by atoms with Crippen LogP contribution in [0.3, 0.4) is 0 Å². The van der Waals surface area contributed by atoms with Crippen LogP contribution in [-0.2, 0) is 4.79 Å². The van der Waals surface area contributed by atoms with Crippen molar-refractivity contribution in [1.82, 2.24) is 0 Å². The van der Waals surface area contributed by atoms with Crippen molar-refractivity contribution in [3.8, 4) is 23.0 Å². The minimum atomic E-state index is -0.222. The fraction of sp³-hybridized carbons (Fsp3) is 0.154. The van der Waals surface area contributed by atoms with Crippen molar-refractivity contribution in [1.29, 1.82) is 0 Å². The predicted octanol–water partition coefficient (Wildman–Crippen LogP) is 5.57. The van der Waals surface area contributed by atoms with E-state index in [1.165, 1.54) is 16.7 Å². The minimum Gasteiger partial charge on any atom is -0.497 e. The van der Waals surface area contributed by atoms with Crippen LogP contribution in [0.2, 0.25) is 0 Å². The number of ether oxygens (including phenoxy) is 4. The zero-order valence-electron chi connectivity index (χ0n) is 18.7. The van der Waals surface area contributed by atoms with Crippen LogP contribution in [-0.4, -0.2) is 37.7 Å². The number of anilines is 1. The van der Waals surface area contributed by atoms with Gasteiger partial charge in [-0.1, -0.05) is 54.3 Å². The number of para-hydroxylation sites is 3. The highest BCUT2D eigenvalue weighted by Crippen LogP contribution is 2.40. The van der Waals surface area contributed by atoms with E-state index in [2.05, 4.69) is 0 Å². The molecule has 4 rings (SSSR count). The average Bonchev–Trinajstić information content (AvgIpc) is 3.15. The van der Waals surface area contributed by atoms with Gasteiger partial charge < -0.3 is 18.9 Å². The molecule has 6 nitrogen and oxygen atoms in total. The third-order valence-electron chi connectivity index (χ3n) is 4.98. The molecule has 0 unspecified atom stereocenters. The molecule has 174 valence electrons. The van der Waals surface area contributed by atoms with E-state index in [9.17, 15) is 4.79 Å². The summed E-state index contributed by atoms with van der Waals surface area (Å²) in [6, 6.07) is 22.3. The summed E-state index contributed by atoms with van der Waals surface area (Å²) < 4.78 is 22.9. The van der Waals surface area contributed by atoms with Crippen molar-refractivity contribution in [3.63, 3.8) is 0 Å². The van der Waals surface area contributed by atoms with Gasteiger partial charge in [-0.3, -0.25) is 9.69 Å². The molecule has 3 aromatic carbocycles. The van der Waals surface area contributed by atoms with Gasteiger partial charge in [0.1, 0.15) is 36.2 Å². The Morgan fingerprint density at radius 2 is 1.59 bits per heavy atom. The first-order valence-corrected chi connectivity index (χ1v) is 11.7. The summed E-state index contributed by atoms with van der Waals surface area (Å²) in [6.45, 7) is 0.718. The molecule has 1 amide bonds. The molecule has 1 aliphatic heterocycles. The van der Waals surface area contributed by atoms with Gasteiger partial charge in [-0.05, 0) is 48.5 Å². The van der Waals surface area contributed by atoms with Crippen molar-refractivity contribution in [2.75, 3.05) is 32.3 Å². The molecule has 0 spiro atoms. The van der Waals surface area contributed by atoms with Crippen molar-refractivity contribution in [3.05, 3.63) is 83.3 Å². The largest absolute Gasteiger partial charge is 0.497 e. The Balaban J connectivity index is 1.54. The number of thiocarbonyl (C=S) groups is 1. The SMILES string of the molecule is COc1ccc(OCCOc2ccccc2)c(C=C2SC(=S)N(c3ccccc3OC)C2=O)c1. The van der Waals surface area contributed by atoms with Gasteiger partial charge >= 0.3 is 0 Å². The summed E-state index contributed by atoms with van der Waals surface area (Å²) in [5.74, 6) is 2.39. The highest BCUT2D eigenvalue weighted by molar-refractivity contribution is 8.27. The van der Waals surface area contributed by atoms with E-state index in [0.29, 0.717) is 50.9 Å². The molecule has 1 saturated heterocycles. The van der Waals surface area contributed by atoms with Crippen LogP contribution in [0.25, 0.3) is 6.08 Å². The Bertz CT molecular complexity index is 1210. The van der Waals surface area contributed by atoms with E-state index < -0.39 is 0 Å². The summed E-state index contributed by atoms with van der Waals surface area (Å²) in [5, 5.41) is 0.